The maximum absolute atomic E-state index is 13.7. The second-order valence-corrected chi connectivity index (χ2v) is 5.68. The number of aromatic carboxylic acids is 1. The average molecular weight is 371 g/mol. The van der Waals surface area contributed by atoms with Crippen molar-refractivity contribution in [1.82, 2.24) is 9.78 Å². The van der Waals surface area contributed by atoms with Crippen molar-refractivity contribution in [3.05, 3.63) is 41.6 Å². The molecule has 1 aromatic heterocycles. The third-order valence-electron chi connectivity index (χ3n) is 2.50. The normalized spacial score (nSPS) is 12.2. The van der Waals surface area contributed by atoms with Gasteiger partial charge in [0.2, 0.25) is 5.88 Å². The van der Waals surface area contributed by atoms with Crippen LogP contribution in [0.5, 0.6) is 5.88 Å². The van der Waals surface area contributed by atoms with Crippen LogP contribution < -0.4 is 9.29 Å². The number of carbonyl (C=O) groups is 1. The summed E-state index contributed by atoms with van der Waals surface area (Å²) < 4.78 is 89.8. The number of aromatic nitrogens is 2. The van der Waals surface area contributed by atoms with Crippen LogP contribution in [0.3, 0.4) is 0 Å². The Labute approximate surface area is 130 Å². The third-order valence-corrected chi connectivity index (χ3v) is 3.46. The summed E-state index contributed by atoms with van der Waals surface area (Å²) in [5, 5.41) is 13.9. The minimum absolute atomic E-state index is 0.0484. The van der Waals surface area contributed by atoms with Gasteiger partial charge in [0, 0.05) is 12.1 Å². The Morgan fingerprint density at radius 3 is 2.38 bits per heavy atom. The number of halogens is 5. The van der Waals surface area contributed by atoms with Gasteiger partial charge in [0.25, 0.3) is 0 Å². The Morgan fingerprint density at radius 2 is 1.83 bits per heavy atom. The van der Waals surface area contributed by atoms with Gasteiger partial charge in [-0.05, 0) is 12.1 Å². The van der Waals surface area contributed by atoms with Crippen LogP contribution in [-0.2, 0) is 10.1 Å². The topological polar surface area (TPSA) is 101 Å². The molecule has 0 fully saturated rings. The lowest BCUT2D eigenvalue weighted by Gasteiger charge is -2.11. The number of carboxylic acid groups (broad SMARTS) is 1. The predicted octanol–water partition coefficient (Wildman–Crippen LogP) is 0.742. The molecule has 0 aliphatic heterocycles. The van der Waals surface area contributed by atoms with E-state index in [9.17, 15) is 40.3 Å². The molecular formula is C11H4F5N2O5S-. The van der Waals surface area contributed by atoms with Gasteiger partial charge in [0.15, 0.2) is 0 Å². The van der Waals surface area contributed by atoms with E-state index in [1.807, 2.05) is 0 Å². The second kappa shape index (κ2) is 5.74. The summed E-state index contributed by atoms with van der Waals surface area (Å²) in [6.45, 7) is 0. The first-order valence-electron chi connectivity index (χ1n) is 5.70. The predicted molar refractivity (Wildman–Crippen MR) is 63.4 cm³/mol. The highest BCUT2D eigenvalue weighted by Gasteiger charge is 2.49. The lowest BCUT2D eigenvalue weighted by Crippen LogP contribution is -2.28. The molecule has 13 heteroatoms. The minimum atomic E-state index is -6.21. The van der Waals surface area contributed by atoms with Gasteiger partial charge in [-0.3, -0.25) is 0 Å². The van der Waals surface area contributed by atoms with Crippen molar-refractivity contribution in [3.8, 4) is 11.6 Å². The average Bonchev–Trinajstić information content (AvgIpc) is 2.83. The van der Waals surface area contributed by atoms with E-state index < -0.39 is 50.5 Å². The maximum Gasteiger partial charge on any atom is 0.534 e. The molecule has 0 saturated heterocycles. The van der Waals surface area contributed by atoms with Gasteiger partial charge < -0.3 is 14.1 Å². The summed E-state index contributed by atoms with van der Waals surface area (Å²) in [5.74, 6) is -5.63. The molecule has 0 aliphatic rings. The van der Waals surface area contributed by atoms with Gasteiger partial charge in [-0.25, -0.2) is 8.78 Å². The standard InChI is InChI=1S/C11H5F5N2O5S/c12-5-1-2-6(13)8(3-5)18-9(4-7(17-18)10(19)20)23-24(21,22)11(14,15)16/h1-4H,(H,19,20)/p-1. The first kappa shape index (κ1) is 17.7. The van der Waals surface area contributed by atoms with Crippen LogP contribution in [0.4, 0.5) is 22.0 Å². The zero-order valence-electron chi connectivity index (χ0n) is 11.0. The van der Waals surface area contributed by atoms with Crippen LogP contribution in [0.1, 0.15) is 10.5 Å². The molecule has 0 radical (unpaired) electrons. The summed E-state index contributed by atoms with van der Waals surface area (Å²) in [5.41, 5.74) is -7.79. The first-order chi connectivity index (χ1) is 10.9. The molecule has 0 saturated carbocycles. The number of benzene rings is 1. The molecule has 0 atom stereocenters. The monoisotopic (exact) mass is 371 g/mol. The van der Waals surface area contributed by atoms with Gasteiger partial charge in [0.05, 0.1) is 5.97 Å². The summed E-state index contributed by atoms with van der Waals surface area (Å²) in [6.07, 6.45) is 0. The molecule has 7 nitrogen and oxygen atoms in total. The van der Waals surface area contributed by atoms with Crippen LogP contribution in [0.15, 0.2) is 24.3 Å². The van der Waals surface area contributed by atoms with E-state index in [0.717, 1.165) is 0 Å². The van der Waals surface area contributed by atoms with E-state index in [-0.39, 0.29) is 10.7 Å². The summed E-state index contributed by atoms with van der Waals surface area (Å²) in [6, 6.07) is 1.92. The molecule has 0 aliphatic carbocycles. The molecule has 24 heavy (non-hydrogen) atoms. The van der Waals surface area contributed by atoms with Crippen LogP contribution in [0.25, 0.3) is 5.69 Å². The Balaban J connectivity index is 2.64. The first-order valence-corrected chi connectivity index (χ1v) is 7.11. The van der Waals surface area contributed by atoms with Gasteiger partial charge in [-0.2, -0.15) is 31.4 Å². The molecule has 2 rings (SSSR count). The van der Waals surface area contributed by atoms with E-state index >= 15 is 0 Å². The summed E-state index contributed by atoms with van der Waals surface area (Å²) in [4.78, 5) is 10.7. The second-order valence-electron chi connectivity index (χ2n) is 4.15. The number of rotatable bonds is 4. The van der Waals surface area contributed by atoms with Crippen LogP contribution in [-0.4, -0.2) is 29.7 Å². The van der Waals surface area contributed by atoms with E-state index in [2.05, 4.69) is 9.28 Å². The molecule has 0 spiro atoms. The number of alkyl halides is 3. The number of carboxylic acids is 1. The fourth-order valence-corrected chi connectivity index (χ4v) is 1.94. The maximum atomic E-state index is 13.7. The molecule has 0 amide bonds. The lowest BCUT2D eigenvalue weighted by atomic mass is 10.3. The van der Waals surface area contributed by atoms with E-state index in [4.69, 9.17) is 0 Å². The Morgan fingerprint density at radius 1 is 1.21 bits per heavy atom. The summed E-state index contributed by atoms with van der Waals surface area (Å²) in [7, 11) is -6.21. The van der Waals surface area contributed by atoms with Crippen LogP contribution in [0, 0.1) is 11.6 Å². The van der Waals surface area contributed by atoms with Crippen molar-refractivity contribution in [2.45, 2.75) is 5.51 Å². The van der Waals surface area contributed by atoms with Gasteiger partial charge in [-0.15, -0.1) is 0 Å². The highest BCUT2D eigenvalue weighted by atomic mass is 32.2. The van der Waals surface area contributed by atoms with Gasteiger partial charge >= 0.3 is 15.6 Å². The van der Waals surface area contributed by atoms with Crippen molar-refractivity contribution in [1.29, 1.82) is 0 Å². The smallest absolute Gasteiger partial charge is 0.534 e. The van der Waals surface area contributed by atoms with Crippen LogP contribution in [0.2, 0.25) is 0 Å². The zero-order chi connectivity index (χ0) is 18.3. The molecule has 1 aromatic carbocycles. The van der Waals surface area contributed by atoms with Crippen LogP contribution >= 0.6 is 0 Å². The molecule has 0 N–H and O–H groups in total. The van der Waals surface area contributed by atoms with Crippen molar-refractivity contribution in [2.75, 3.05) is 0 Å². The van der Waals surface area contributed by atoms with Gasteiger partial charge in [-0.1, -0.05) is 0 Å². The fraction of sp³-hybridized carbons (Fsp3) is 0.0909. The van der Waals surface area contributed by atoms with E-state index in [0.29, 0.717) is 18.2 Å². The lowest BCUT2D eigenvalue weighted by molar-refractivity contribution is -0.255. The largest absolute Gasteiger partial charge is 0.543 e. The molecular weight excluding hydrogens is 367 g/mol. The third kappa shape index (κ3) is 3.29. The number of hydrogen-bond donors (Lipinski definition) is 0. The molecule has 130 valence electrons. The molecule has 2 aromatic rings. The highest BCUT2D eigenvalue weighted by Crippen LogP contribution is 2.29. The molecule has 0 bridgehead atoms. The van der Waals surface area contributed by atoms with E-state index in [1.54, 1.807) is 0 Å². The highest BCUT2D eigenvalue weighted by molar-refractivity contribution is 7.87. The Kier molecular flexibility index (Phi) is 4.22. The minimum Gasteiger partial charge on any atom is -0.543 e. The number of hydrogen-bond acceptors (Lipinski definition) is 6. The Bertz CT molecular complexity index is 906. The Hall–Kier alpha value is -2.70. The quantitative estimate of drug-likeness (QED) is 0.446. The van der Waals surface area contributed by atoms with Crippen molar-refractivity contribution < 1.29 is 44.5 Å². The zero-order valence-corrected chi connectivity index (χ0v) is 11.9. The SMILES string of the molecule is O=C([O-])c1cc(OS(=O)(=O)C(F)(F)F)n(-c2cc(F)ccc2F)n1. The van der Waals surface area contributed by atoms with E-state index in [1.165, 1.54) is 0 Å². The molecule has 1 heterocycles. The van der Waals surface area contributed by atoms with Gasteiger partial charge in [0.1, 0.15) is 23.0 Å². The fourth-order valence-electron chi connectivity index (χ4n) is 1.50. The number of carbonyl (C=O) groups excluding carboxylic acids is 1. The summed E-state index contributed by atoms with van der Waals surface area (Å²) >= 11 is 0. The van der Waals surface area contributed by atoms with Crippen molar-refractivity contribution in [3.63, 3.8) is 0 Å². The molecule has 0 unspecified atom stereocenters. The van der Waals surface area contributed by atoms with Crippen molar-refractivity contribution >= 4 is 16.1 Å². The van der Waals surface area contributed by atoms with Crippen molar-refractivity contribution in [2.24, 2.45) is 0 Å². The number of nitrogens with zero attached hydrogens (tertiary/aromatic N) is 2.